The molecule has 5 nitrogen and oxygen atoms in total. The van der Waals surface area contributed by atoms with E-state index in [9.17, 15) is 4.79 Å². The Kier molecular flexibility index (Phi) is 2.66. The summed E-state index contributed by atoms with van der Waals surface area (Å²) in [7, 11) is 0. The van der Waals surface area contributed by atoms with Gasteiger partial charge in [-0.25, -0.2) is 9.97 Å². The monoisotopic (exact) mass is 233 g/mol. The van der Waals surface area contributed by atoms with Crippen molar-refractivity contribution in [1.82, 2.24) is 14.9 Å². The van der Waals surface area contributed by atoms with Gasteiger partial charge in [0.15, 0.2) is 0 Å². The van der Waals surface area contributed by atoms with Crippen LogP contribution in [0.3, 0.4) is 0 Å². The first kappa shape index (κ1) is 10.5. The number of hydrogen-bond donors (Lipinski definition) is 0. The Labute approximate surface area is 99.8 Å². The van der Waals surface area contributed by atoms with Crippen molar-refractivity contribution in [1.29, 1.82) is 0 Å². The van der Waals surface area contributed by atoms with Crippen molar-refractivity contribution in [2.24, 2.45) is 5.92 Å². The molecule has 1 aromatic heterocycles. The minimum absolute atomic E-state index is 0.0765. The summed E-state index contributed by atoms with van der Waals surface area (Å²) in [5, 5.41) is 0. The highest BCUT2D eigenvalue weighted by molar-refractivity contribution is 5.81. The normalized spacial score (nSPS) is 23.8. The molecular weight excluding hydrogens is 218 g/mol. The number of likely N-dealkylation sites (tertiary alicyclic amines) is 1. The molecule has 2 heterocycles. The third-order valence-electron chi connectivity index (χ3n) is 3.23. The highest BCUT2D eigenvalue weighted by Gasteiger charge is 2.37. The Bertz CT molecular complexity index is 405. The fraction of sp³-hybridized carbons (Fsp3) is 0.583. The second-order valence-corrected chi connectivity index (χ2v) is 4.63. The van der Waals surface area contributed by atoms with Gasteiger partial charge in [-0.1, -0.05) is 0 Å². The first-order valence-electron chi connectivity index (χ1n) is 6.04. The van der Waals surface area contributed by atoms with Crippen molar-refractivity contribution >= 4 is 5.91 Å². The van der Waals surface area contributed by atoms with E-state index in [0.29, 0.717) is 24.2 Å². The fourth-order valence-corrected chi connectivity index (χ4v) is 2.13. The van der Waals surface area contributed by atoms with Gasteiger partial charge in [0, 0.05) is 31.1 Å². The summed E-state index contributed by atoms with van der Waals surface area (Å²) in [5.74, 6) is 1.19. The Balaban J connectivity index is 1.55. The highest BCUT2D eigenvalue weighted by Crippen LogP contribution is 2.32. The molecule has 0 unspecified atom stereocenters. The number of carbonyl (C=O) groups is 1. The molecule has 17 heavy (non-hydrogen) atoms. The van der Waals surface area contributed by atoms with Gasteiger partial charge >= 0.3 is 0 Å². The van der Waals surface area contributed by atoms with Crippen molar-refractivity contribution in [3.8, 4) is 5.88 Å². The summed E-state index contributed by atoms with van der Waals surface area (Å²) in [4.78, 5) is 21.6. The zero-order chi connectivity index (χ0) is 11.7. The van der Waals surface area contributed by atoms with Crippen LogP contribution in [0.15, 0.2) is 18.6 Å². The predicted molar refractivity (Wildman–Crippen MR) is 60.4 cm³/mol. The van der Waals surface area contributed by atoms with Crippen LogP contribution in [0.2, 0.25) is 0 Å². The molecule has 0 N–H and O–H groups in total. The first-order chi connectivity index (χ1) is 8.33. The average Bonchev–Trinajstić information content (AvgIpc) is 3.11. The minimum atomic E-state index is 0.0765. The smallest absolute Gasteiger partial charge is 0.225 e. The lowest BCUT2D eigenvalue weighted by Crippen LogP contribution is -2.32. The Hall–Kier alpha value is -1.65. The largest absolute Gasteiger partial charge is 0.472 e. The molecule has 1 aliphatic carbocycles. The van der Waals surface area contributed by atoms with E-state index in [1.54, 1.807) is 12.3 Å². The lowest BCUT2D eigenvalue weighted by atomic mass is 10.3. The lowest BCUT2D eigenvalue weighted by Gasteiger charge is -2.16. The van der Waals surface area contributed by atoms with Gasteiger partial charge in [0.1, 0.15) is 12.4 Å². The number of rotatable bonds is 3. The molecule has 0 radical (unpaired) electrons. The molecule has 2 fully saturated rings. The number of aromatic nitrogens is 2. The Morgan fingerprint density at radius 2 is 2.29 bits per heavy atom. The van der Waals surface area contributed by atoms with Crippen molar-refractivity contribution in [3.63, 3.8) is 0 Å². The molecule has 0 bridgehead atoms. The molecule has 1 saturated carbocycles. The fourth-order valence-electron chi connectivity index (χ4n) is 2.13. The second-order valence-electron chi connectivity index (χ2n) is 4.63. The summed E-state index contributed by atoms with van der Waals surface area (Å²) < 4.78 is 5.71. The molecule has 90 valence electrons. The van der Waals surface area contributed by atoms with E-state index in [1.807, 2.05) is 4.90 Å². The molecule has 5 heteroatoms. The van der Waals surface area contributed by atoms with Crippen LogP contribution in [-0.4, -0.2) is 40.0 Å². The number of nitrogens with zero attached hydrogens (tertiary/aromatic N) is 3. The topological polar surface area (TPSA) is 55.3 Å². The van der Waals surface area contributed by atoms with Gasteiger partial charge in [0.2, 0.25) is 11.8 Å². The standard InChI is InChI=1S/C12H15N3O2/c16-12(9-1-2-9)15-6-4-10(7-15)17-11-3-5-13-8-14-11/h3,5,8-10H,1-2,4,6-7H2/t10-/m1/s1. The first-order valence-corrected chi connectivity index (χ1v) is 6.04. The molecule has 0 aromatic carbocycles. The summed E-state index contributed by atoms with van der Waals surface area (Å²) in [5.41, 5.74) is 0. The van der Waals surface area contributed by atoms with Crippen LogP contribution in [0.25, 0.3) is 0 Å². The Morgan fingerprint density at radius 1 is 1.41 bits per heavy atom. The maximum atomic E-state index is 11.9. The van der Waals surface area contributed by atoms with Gasteiger partial charge in [0.05, 0.1) is 6.54 Å². The van der Waals surface area contributed by atoms with Crippen LogP contribution < -0.4 is 4.74 Å². The van der Waals surface area contributed by atoms with Crippen LogP contribution in [0.5, 0.6) is 5.88 Å². The molecule has 1 aromatic rings. The zero-order valence-electron chi connectivity index (χ0n) is 9.58. The number of ether oxygens (including phenoxy) is 1. The quantitative estimate of drug-likeness (QED) is 0.777. The van der Waals surface area contributed by atoms with Gasteiger partial charge in [-0.15, -0.1) is 0 Å². The van der Waals surface area contributed by atoms with Gasteiger partial charge < -0.3 is 9.64 Å². The highest BCUT2D eigenvalue weighted by atomic mass is 16.5. The molecule has 1 saturated heterocycles. The van der Waals surface area contributed by atoms with Crippen LogP contribution in [0.1, 0.15) is 19.3 Å². The molecular formula is C12H15N3O2. The predicted octanol–water partition coefficient (Wildman–Crippen LogP) is 0.866. The number of amides is 1. The Morgan fingerprint density at radius 3 is 3.00 bits per heavy atom. The van der Waals surface area contributed by atoms with E-state index in [2.05, 4.69) is 9.97 Å². The van der Waals surface area contributed by atoms with Crippen molar-refractivity contribution < 1.29 is 9.53 Å². The van der Waals surface area contributed by atoms with Crippen molar-refractivity contribution in [3.05, 3.63) is 18.6 Å². The summed E-state index contributed by atoms with van der Waals surface area (Å²) >= 11 is 0. The van der Waals surface area contributed by atoms with E-state index < -0.39 is 0 Å². The van der Waals surface area contributed by atoms with E-state index >= 15 is 0 Å². The minimum Gasteiger partial charge on any atom is -0.472 e. The summed E-state index contributed by atoms with van der Waals surface area (Å²) in [6.07, 6.45) is 6.22. The van der Waals surface area contributed by atoms with Gasteiger partial charge in [-0.3, -0.25) is 4.79 Å². The molecule has 3 rings (SSSR count). The molecule has 1 amide bonds. The third kappa shape index (κ3) is 2.38. The van der Waals surface area contributed by atoms with Crippen LogP contribution in [-0.2, 0) is 4.79 Å². The van der Waals surface area contributed by atoms with Crippen LogP contribution >= 0.6 is 0 Å². The van der Waals surface area contributed by atoms with Gasteiger partial charge in [-0.2, -0.15) is 0 Å². The average molecular weight is 233 g/mol. The van der Waals surface area contributed by atoms with Crippen LogP contribution in [0.4, 0.5) is 0 Å². The van der Waals surface area contributed by atoms with Crippen molar-refractivity contribution in [2.45, 2.75) is 25.4 Å². The van der Waals surface area contributed by atoms with Gasteiger partial charge in [-0.05, 0) is 12.8 Å². The van der Waals surface area contributed by atoms with Gasteiger partial charge in [0.25, 0.3) is 0 Å². The van der Waals surface area contributed by atoms with Crippen LogP contribution in [0, 0.1) is 5.92 Å². The maximum absolute atomic E-state index is 11.9. The van der Waals surface area contributed by atoms with E-state index in [4.69, 9.17) is 4.74 Å². The van der Waals surface area contributed by atoms with Crippen molar-refractivity contribution in [2.75, 3.05) is 13.1 Å². The number of carbonyl (C=O) groups excluding carboxylic acids is 1. The maximum Gasteiger partial charge on any atom is 0.225 e. The molecule has 0 spiro atoms. The lowest BCUT2D eigenvalue weighted by molar-refractivity contribution is -0.131. The zero-order valence-corrected chi connectivity index (χ0v) is 9.58. The number of hydrogen-bond acceptors (Lipinski definition) is 4. The van der Waals surface area contributed by atoms with E-state index in [-0.39, 0.29) is 6.10 Å². The second kappa shape index (κ2) is 4.31. The SMILES string of the molecule is O=C(C1CC1)N1CC[C@@H](Oc2ccncn2)C1. The third-order valence-corrected chi connectivity index (χ3v) is 3.23. The summed E-state index contributed by atoms with van der Waals surface area (Å²) in [6.45, 7) is 1.50. The summed E-state index contributed by atoms with van der Waals surface area (Å²) in [6, 6.07) is 1.74. The molecule has 1 aliphatic heterocycles. The molecule has 1 atom stereocenters. The van der Waals surface area contributed by atoms with E-state index in [0.717, 1.165) is 25.8 Å². The van der Waals surface area contributed by atoms with E-state index in [1.165, 1.54) is 6.33 Å². The molecule has 2 aliphatic rings.